The fraction of sp³-hybridized carbons (Fsp3) is 0.235. The Kier molecular flexibility index (Phi) is 5.68. The largest absolute Gasteiger partial charge is 0.495 e. The Morgan fingerprint density at radius 1 is 1.43 bits per heavy atom. The van der Waals surface area contributed by atoms with E-state index in [0.29, 0.717) is 11.7 Å². The molecule has 2 rings (SSSR count). The average Bonchev–Trinajstić information content (AvgIpc) is 3.03. The quantitative estimate of drug-likeness (QED) is 0.607. The number of methoxy groups -OCH3 is 1. The lowest BCUT2D eigenvalue weighted by molar-refractivity contribution is 0.413. The van der Waals surface area contributed by atoms with Crippen molar-refractivity contribution in [2.75, 3.05) is 19.0 Å². The molecule has 0 aliphatic carbocycles. The highest BCUT2D eigenvalue weighted by Crippen LogP contribution is 2.23. The smallest absolute Gasteiger partial charge is 0.200 e. The number of aliphatic imine (C=N–C) groups is 1. The topological polar surface area (TPSA) is 75.2 Å². The van der Waals surface area contributed by atoms with Gasteiger partial charge in [0.15, 0.2) is 0 Å². The molecule has 0 radical (unpaired) electrons. The molecule has 0 aromatic carbocycles. The van der Waals surface area contributed by atoms with E-state index in [1.54, 1.807) is 31.9 Å². The molecule has 23 heavy (non-hydrogen) atoms. The zero-order valence-corrected chi connectivity index (χ0v) is 13.6. The minimum absolute atomic E-state index is 0.688. The van der Waals surface area contributed by atoms with Crippen LogP contribution in [0.2, 0.25) is 0 Å². The van der Waals surface area contributed by atoms with Gasteiger partial charge in [-0.15, -0.1) is 0 Å². The Balaban J connectivity index is 2.31. The van der Waals surface area contributed by atoms with Crippen LogP contribution in [0.1, 0.15) is 25.1 Å². The first kappa shape index (κ1) is 16.5. The van der Waals surface area contributed by atoms with Crippen molar-refractivity contribution in [2.24, 2.45) is 4.99 Å². The first-order valence-electron chi connectivity index (χ1n) is 7.35. The number of H-pyrrole nitrogens is 1. The Hall–Kier alpha value is -2.89. The molecule has 6 heteroatoms. The number of nitrogens with zero attached hydrogens (tertiary/aromatic N) is 3. The summed E-state index contributed by atoms with van der Waals surface area (Å²) in [5.41, 5.74) is 3.23. The van der Waals surface area contributed by atoms with Gasteiger partial charge in [0.05, 0.1) is 30.9 Å². The molecule has 120 valence electrons. The second-order valence-electron chi connectivity index (χ2n) is 4.73. The van der Waals surface area contributed by atoms with Gasteiger partial charge in [-0.25, -0.2) is 4.98 Å². The molecular formula is C17H21N5O. The Labute approximate surface area is 136 Å². The van der Waals surface area contributed by atoms with Crippen molar-refractivity contribution in [1.82, 2.24) is 15.0 Å². The fourth-order valence-corrected chi connectivity index (χ4v) is 1.99. The van der Waals surface area contributed by atoms with Gasteiger partial charge in [0.2, 0.25) is 5.95 Å². The van der Waals surface area contributed by atoms with E-state index >= 15 is 0 Å². The van der Waals surface area contributed by atoms with Crippen LogP contribution in [-0.4, -0.2) is 34.8 Å². The average molecular weight is 311 g/mol. The SMILES string of the molecule is C=C(/C=C(\N=C/C)c1cnc(NCC)[nH]1)c1cncc(OC)c1. The van der Waals surface area contributed by atoms with Gasteiger partial charge in [0, 0.05) is 24.5 Å². The van der Waals surface area contributed by atoms with Gasteiger partial charge in [-0.1, -0.05) is 6.58 Å². The number of aromatic nitrogens is 3. The molecule has 2 aromatic heterocycles. The summed E-state index contributed by atoms with van der Waals surface area (Å²) in [7, 11) is 1.61. The predicted octanol–water partition coefficient (Wildman–Crippen LogP) is 3.39. The summed E-state index contributed by atoms with van der Waals surface area (Å²) in [6.07, 6.45) is 8.76. The molecule has 6 nitrogen and oxygen atoms in total. The van der Waals surface area contributed by atoms with Crippen LogP contribution in [-0.2, 0) is 0 Å². The van der Waals surface area contributed by atoms with Crippen molar-refractivity contribution >= 4 is 23.4 Å². The van der Waals surface area contributed by atoms with Crippen molar-refractivity contribution < 1.29 is 4.74 Å². The van der Waals surface area contributed by atoms with E-state index < -0.39 is 0 Å². The van der Waals surface area contributed by atoms with Gasteiger partial charge in [-0.05, 0) is 31.6 Å². The summed E-state index contributed by atoms with van der Waals surface area (Å²) in [5, 5.41) is 3.13. The minimum atomic E-state index is 0.688. The van der Waals surface area contributed by atoms with E-state index in [4.69, 9.17) is 4.74 Å². The lowest BCUT2D eigenvalue weighted by Gasteiger charge is -2.05. The highest BCUT2D eigenvalue weighted by atomic mass is 16.5. The Bertz CT molecular complexity index is 730. The van der Waals surface area contributed by atoms with Crippen molar-refractivity contribution in [2.45, 2.75) is 13.8 Å². The maximum atomic E-state index is 5.19. The molecular weight excluding hydrogens is 290 g/mol. The summed E-state index contributed by atoms with van der Waals surface area (Å²) in [6, 6.07) is 1.89. The summed E-state index contributed by atoms with van der Waals surface area (Å²) < 4.78 is 5.19. The summed E-state index contributed by atoms with van der Waals surface area (Å²) in [4.78, 5) is 16.0. The van der Waals surface area contributed by atoms with Gasteiger partial charge < -0.3 is 15.0 Å². The third-order valence-corrected chi connectivity index (χ3v) is 3.09. The van der Waals surface area contributed by atoms with Crippen LogP contribution >= 0.6 is 0 Å². The zero-order chi connectivity index (χ0) is 16.7. The summed E-state index contributed by atoms with van der Waals surface area (Å²) in [5.74, 6) is 1.40. The van der Waals surface area contributed by atoms with E-state index in [9.17, 15) is 0 Å². The number of allylic oxidation sites excluding steroid dienone is 2. The van der Waals surface area contributed by atoms with Crippen LogP contribution in [0.4, 0.5) is 5.95 Å². The molecule has 0 atom stereocenters. The van der Waals surface area contributed by atoms with Crippen LogP contribution in [0.3, 0.4) is 0 Å². The Morgan fingerprint density at radius 3 is 2.96 bits per heavy atom. The third-order valence-electron chi connectivity index (χ3n) is 3.09. The molecule has 2 heterocycles. The number of rotatable bonds is 7. The van der Waals surface area contributed by atoms with Crippen molar-refractivity contribution in [3.05, 3.63) is 48.6 Å². The molecule has 0 aliphatic heterocycles. The molecule has 0 bridgehead atoms. The number of nitrogens with one attached hydrogen (secondary N) is 2. The zero-order valence-electron chi connectivity index (χ0n) is 13.6. The molecule has 0 unspecified atom stereocenters. The van der Waals surface area contributed by atoms with E-state index in [-0.39, 0.29) is 0 Å². The van der Waals surface area contributed by atoms with Crippen LogP contribution in [0.25, 0.3) is 11.3 Å². The number of aromatic amines is 1. The number of pyridine rings is 1. The van der Waals surface area contributed by atoms with Crippen LogP contribution < -0.4 is 10.1 Å². The van der Waals surface area contributed by atoms with Gasteiger partial charge >= 0.3 is 0 Å². The monoisotopic (exact) mass is 311 g/mol. The lowest BCUT2D eigenvalue weighted by atomic mass is 10.1. The van der Waals surface area contributed by atoms with Crippen LogP contribution in [0, 0.1) is 0 Å². The minimum Gasteiger partial charge on any atom is -0.495 e. The van der Waals surface area contributed by atoms with E-state index in [0.717, 1.165) is 29.1 Å². The van der Waals surface area contributed by atoms with Gasteiger partial charge in [0.25, 0.3) is 0 Å². The van der Waals surface area contributed by atoms with Gasteiger partial charge in [0.1, 0.15) is 5.75 Å². The third kappa shape index (κ3) is 4.29. The van der Waals surface area contributed by atoms with E-state index in [1.165, 1.54) is 0 Å². The number of imidazole rings is 1. The number of ether oxygens (including phenoxy) is 1. The standard InChI is InChI=1S/C17H21N5O/c1-5-19-15(16-11-21-17(22-16)20-6-2)7-12(3)13-8-14(23-4)10-18-9-13/h5,7-11H,3,6H2,1-2,4H3,(H2,20,21,22)/b15-7-,19-5-. The number of hydrogen-bond acceptors (Lipinski definition) is 5. The van der Waals surface area contributed by atoms with Crippen LogP contribution in [0.5, 0.6) is 5.75 Å². The van der Waals surface area contributed by atoms with Crippen molar-refractivity contribution in [3.63, 3.8) is 0 Å². The molecule has 0 saturated heterocycles. The molecule has 0 aliphatic rings. The second-order valence-corrected chi connectivity index (χ2v) is 4.73. The number of anilines is 1. The molecule has 2 N–H and O–H groups in total. The van der Waals surface area contributed by atoms with E-state index in [2.05, 4.69) is 31.8 Å². The van der Waals surface area contributed by atoms with E-state index in [1.807, 2.05) is 26.0 Å². The van der Waals surface area contributed by atoms with Crippen LogP contribution in [0.15, 0.2) is 42.3 Å². The summed E-state index contributed by atoms with van der Waals surface area (Å²) in [6.45, 7) is 8.77. The molecule has 0 amide bonds. The Morgan fingerprint density at radius 2 is 2.26 bits per heavy atom. The van der Waals surface area contributed by atoms with Crippen molar-refractivity contribution in [3.8, 4) is 5.75 Å². The highest BCUT2D eigenvalue weighted by molar-refractivity contribution is 5.84. The highest BCUT2D eigenvalue weighted by Gasteiger charge is 2.07. The summed E-state index contributed by atoms with van der Waals surface area (Å²) >= 11 is 0. The molecule has 0 spiro atoms. The first-order chi connectivity index (χ1) is 11.2. The number of hydrogen-bond donors (Lipinski definition) is 2. The fourth-order valence-electron chi connectivity index (χ4n) is 1.99. The maximum Gasteiger partial charge on any atom is 0.200 e. The van der Waals surface area contributed by atoms with Gasteiger partial charge in [-0.2, -0.15) is 0 Å². The molecule has 0 fully saturated rings. The van der Waals surface area contributed by atoms with Crippen molar-refractivity contribution in [1.29, 1.82) is 0 Å². The predicted molar refractivity (Wildman–Crippen MR) is 94.7 cm³/mol. The van der Waals surface area contributed by atoms with Gasteiger partial charge in [-0.3, -0.25) is 9.98 Å². The maximum absolute atomic E-state index is 5.19. The first-order valence-corrected chi connectivity index (χ1v) is 7.35. The second kappa shape index (κ2) is 7.93. The molecule has 2 aromatic rings. The molecule has 0 saturated carbocycles. The lowest BCUT2D eigenvalue weighted by Crippen LogP contribution is -1.98. The normalized spacial score (nSPS) is 11.7.